The number of carbonyl (C=O) groups excluding carboxylic acids is 2. The Morgan fingerprint density at radius 1 is 1.11 bits per heavy atom. The van der Waals surface area contributed by atoms with Crippen molar-refractivity contribution in [3.05, 3.63) is 71.0 Å². The zero-order valence-corrected chi connectivity index (χ0v) is 19.8. The lowest BCUT2D eigenvalue weighted by Crippen LogP contribution is -2.40. The molecule has 1 amide bonds. The number of ketones is 1. The second-order valence-corrected chi connectivity index (χ2v) is 9.99. The van der Waals surface area contributed by atoms with Crippen molar-refractivity contribution in [2.75, 3.05) is 46.6 Å². The van der Waals surface area contributed by atoms with E-state index in [2.05, 4.69) is 0 Å². The number of aliphatic hydroxyl groups is 1. The molecular formula is C24H25FN2O7S. The van der Waals surface area contributed by atoms with Gasteiger partial charge in [-0.25, -0.2) is 12.8 Å². The number of likely N-dealkylation sites (tertiary alicyclic amines) is 1. The second kappa shape index (κ2) is 10.2. The normalized spacial score (nSPS) is 21.0. The van der Waals surface area contributed by atoms with E-state index in [1.54, 1.807) is 6.07 Å². The number of morpholine rings is 1. The monoisotopic (exact) mass is 504 g/mol. The molecule has 2 aromatic rings. The molecule has 0 spiro atoms. The molecule has 2 saturated heterocycles. The topological polar surface area (TPSA) is 113 Å². The number of carbonyl (C=O) groups is 2. The summed E-state index contributed by atoms with van der Waals surface area (Å²) in [5.74, 6) is -3.01. The maximum Gasteiger partial charge on any atom is 0.295 e. The Kier molecular flexibility index (Phi) is 7.31. The lowest BCUT2D eigenvalue weighted by Gasteiger charge is -2.26. The number of hydrogen-bond donors (Lipinski definition) is 1. The Hall–Kier alpha value is -3.12. The number of hydrogen-bond acceptors (Lipinski definition) is 7. The first-order valence-electron chi connectivity index (χ1n) is 11.0. The summed E-state index contributed by atoms with van der Waals surface area (Å²) >= 11 is 0. The fourth-order valence-electron chi connectivity index (χ4n) is 4.20. The summed E-state index contributed by atoms with van der Waals surface area (Å²) in [4.78, 5) is 26.9. The van der Waals surface area contributed by atoms with Gasteiger partial charge in [0.05, 0.1) is 36.3 Å². The van der Waals surface area contributed by atoms with Gasteiger partial charge in [0.25, 0.3) is 11.7 Å². The lowest BCUT2D eigenvalue weighted by atomic mass is 9.95. The van der Waals surface area contributed by atoms with E-state index in [1.165, 1.54) is 53.9 Å². The van der Waals surface area contributed by atoms with Crippen LogP contribution >= 0.6 is 0 Å². The molecule has 9 nitrogen and oxygen atoms in total. The van der Waals surface area contributed by atoms with Gasteiger partial charge in [0.1, 0.15) is 11.6 Å². The highest BCUT2D eigenvalue weighted by atomic mass is 32.2. The summed E-state index contributed by atoms with van der Waals surface area (Å²) in [5.41, 5.74) is -0.104. The van der Waals surface area contributed by atoms with Crippen molar-refractivity contribution in [2.45, 2.75) is 10.9 Å². The molecule has 0 bridgehead atoms. The van der Waals surface area contributed by atoms with Crippen LogP contribution in [0.15, 0.2) is 59.0 Å². The summed E-state index contributed by atoms with van der Waals surface area (Å²) in [6.45, 7) is 1.18. The van der Waals surface area contributed by atoms with Crippen LogP contribution in [0, 0.1) is 5.82 Å². The van der Waals surface area contributed by atoms with E-state index < -0.39 is 39.3 Å². The molecular weight excluding hydrogens is 479 g/mol. The highest BCUT2D eigenvalue weighted by Gasteiger charge is 2.46. The minimum absolute atomic E-state index is 0.00752. The summed E-state index contributed by atoms with van der Waals surface area (Å²) in [6.07, 6.45) is 0. The third-order valence-electron chi connectivity index (χ3n) is 6.01. The number of benzene rings is 2. The SMILES string of the molecule is COCCN1C(=O)C(=O)C(=C(O)c2ccc(S(=O)(=O)N3CCOCC3)cc2)[C@H]1c1ccccc1F. The van der Waals surface area contributed by atoms with Gasteiger partial charge < -0.3 is 19.5 Å². The molecule has 2 heterocycles. The number of methoxy groups -OCH3 is 1. The standard InChI is InChI=1S/C24H25FN2O7S/c1-33-13-12-27-21(18-4-2-3-5-19(18)25)20(23(29)24(27)30)22(28)16-6-8-17(9-7-16)35(31,32)26-10-14-34-15-11-26/h2-9,21,28H,10-15H2,1H3/t21-/m1/s1. The predicted octanol–water partition coefficient (Wildman–Crippen LogP) is 1.91. The van der Waals surface area contributed by atoms with Crippen LogP contribution in [0.2, 0.25) is 0 Å². The summed E-state index contributed by atoms with van der Waals surface area (Å²) in [6, 6.07) is 9.87. The van der Waals surface area contributed by atoms with Crippen LogP contribution in [-0.4, -0.2) is 81.0 Å². The molecule has 0 unspecified atom stereocenters. The highest BCUT2D eigenvalue weighted by Crippen LogP contribution is 2.40. The average Bonchev–Trinajstić information content (AvgIpc) is 3.12. The molecule has 11 heteroatoms. The largest absolute Gasteiger partial charge is 0.507 e. The molecule has 2 fully saturated rings. The molecule has 2 aromatic carbocycles. The number of sulfonamides is 1. The van der Waals surface area contributed by atoms with E-state index in [9.17, 15) is 27.5 Å². The van der Waals surface area contributed by atoms with Crippen LogP contribution in [0.25, 0.3) is 5.76 Å². The van der Waals surface area contributed by atoms with E-state index in [0.717, 1.165) is 4.90 Å². The van der Waals surface area contributed by atoms with Gasteiger partial charge in [-0.05, 0) is 30.3 Å². The van der Waals surface area contributed by atoms with Crippen LogP contribution < -0.4 is 0 Å². The molecule has 0 aromatic heterocycles. The van der Waals surface area contributed by atoms with Crippen molar-refractivity contribution in [1.29, 1.82) is 0 Å². The van der Waals surface area contributed by atoms with Crippen molar-refractivity contribution in [2.24, 2.45) is 0 Å². The predicted molar refractivity (Wildman–Crippen MR) is 123 cm³/mol. The number of Topliss-reactive ketones (excluding diaryl/α,β-unsaturated/α-hetero) is 1. The molecule has 186 valence electrons. The van der Waals surface area contributed by atoms with Gasteiger partial charge in [-0.15, -0.1) is 0 Å². The maximum atomic E-state index is 14.7. The number of rotatable bonds is 7. The molecule has 2 aliphatic heterocycles. The summed E-state index contributed by atoms with van der Waals surface area (Å²) < 4.78 is 52.0. The van der Waals surface area contributed by atoms with Gasteiger partial charge in [-0.1, -0.05) is 18.2 Å². The van der Waals surface area contributed by atoms with Gasteiger partial charge in [-0.2, -0.15) is 4.31 Å². The number of halogens is 1. The van der Waals surface area contributed by atoms with Crippen LogP contribution in [0.4, 0.5) is 4.39 Å². The maximum absolute atomic E-state index is 14.7. The van der Waals surface area contributed by atoms with Crippen LogP contribution in [-0.2, 0) is 29.1 Å². The third-order valence-corrected chi connectivity index (χ3v) is 7.92. The molecule has 1 N–H and O–H groups in total. The lowest BCUT2D eigenvalue weighted by molar-refractivity contribution is -0.140. The first kappa shape index (κ1) is 25.0. The van der Waals surface area contributed by atoms with Crippen molar-refractivity contribution in [3.8, 4) is 0 Å². The number of ether oxygens (including phenoxy) is 2. The minimum Gasteiger partial charge on any atom is -0.507 e. The van der Waals surface area contributed by atoms with Gasteiger partial charge in [0.15, 0.2) is 0 Å². The van der Waals surface area contributed by atoms with Crippen molar-refractivity contribution in [3.63, 3.8) is 0 Å². The summed E-state index contributed by atoms with van der Waals surface area (Å²) in [7, 11) is -2.33. The Balaban J connectivity index is 1.75. The second-order valence-electron chi connectivity index (χ2n) is 8.05. The van der Waals surface area contributed by atoms with E-state index in [1.807, 2.05) is 0 Å². The number of amides is 1. The van der Waals surface area contributed by atoms with Crippen LogP contribution in [0.5, 0.6) is 0 Å². The van der Waals surface area contributed by atoms with E-state index >= 15 is 0 Å². The molecule has 35 heavy (non-hydrogen) atoms. The third kappa shape index (κ3) is 4.72. The fraction of sp³-hybridized carbons (Fsp3) is 0.333. The molecule has 0 radical (unpaired) electrons. The number of aliphatic hydroxyl groups excluding tert-OH is 1. The first-order chi connectivity index (χ1) is 16.8. The van der Waals surface area contributed by atoms with Crippen molar-refractivity contribution < 1.29 is 37.0 Å². The zero-order valence-electron chi connectivity index (χ0n) is 19.0. The Bertz CT molecular complexity index is 1250. The van der Waals surface area contributed by atoms with Gasteiger partial charge in [0.2, 0.25) is 10.0 Å². The van der Waals surface area contributed by atoms with Gasteiger partial charge in [0, 0.05) is 37.9 Å². The van der Waals surface area contributed by atoms with Crippen LogP contribution in [0.1, 0.15) is 17.2 Å². The fourth-order valence-corrected chi connectivity index (χ4v) is 5.60. The van der Waals surface area contributed by atoms with Crippen molar-refractivity contribution >= 4 is 27.5 Å². The zero-order chi connectivity index (χ0) is 25.2. The van der Waals surface area contributed by atoms with Crippen LogP contribution in [0.3, 0.4) is 0 Å². The number of nitrogens with zero attached hydrogens (tertiary/aromatic N) is 2. The Labute approximate surface area is 202 Å². The Morgan fingerprint density at radius 2 is 1.77 bits per heavy atom. The molecule has 4 rings (SSSR count). The molecule has 0 saturated carbocycles. The minimum atomic E-state index is -3.76. The smallest absolute Gasteiger partial charge is 0.295 e. The van der Waals surface area contributed by atoms with Crippen molar-refractivity contribution in [1.82, 2.24) is 9.21 Å². The van der Waals surface area contributed by atoms with E-state index in [-0.39, 0.29) is 47.8 Å². The van der Waals surface area contributed by atoms with E-state index in [4.69, 9.17) is 9.47 Å². The molecule has 0 aliphatic carbocycles. The Morgan fingerprint density at radius 3 is 2.40 bits per heavy atom. The average molecular weight is 505 g/mol. The molecule has 1 atom stereocenters. The highest BCUT2D eigenvalue weighted by molar-refractivity contribution is 7.89. The van der Waals surface area contributed by atoms with Gasteiger partial charge in [-0.3, -0.25) is 9.59 Å². The van der Waals surface area contributed by atoms with E-state index in [0.29, 0.717) is 13.2 Å². The first-order valence-corrected chi connectivity index (χ1v) is 12.4. The quantitative estimate of drug-likeness (QED) is 0.348. The summed E-state index contributed by atoms with van der Waals surface area (Å²) in [5, 5.41) is 11.1. The van der Waals surface area contributed by atoms with Gasteiger partial charge >= 0.3 is 0 Å². The molecule has 2 aliphatic rings.